The fourth-order valence-corrected chi connectivity index (χ4v) is 1.71. The van der Waals surface area contributed by atoms with E-state index in [-0.39, 0.29) is 18.8 Å². The van der Waals surface area contributed by atoms with Gasteiger partial charge in [0.2, 0.25) is 0 Å². The molecule has 4 nitrogen and oxygen atoms in total. The zero-order valence-corrected chi connectivity index (χ0v) is 10.3. The molecule has 0 fully saturated rings. The Balaban J connectivity index is 2.00. The quantitative estimate of drug-likeness (QED) is 0.890. The molecule has 0 saturated heterocycles. The van der Waals surface area contributed by atoms with Crippen LogP contribution in [0.2, 0.25) is 0 Å². The maximum atomic E-state index is 13.0. The van der Waals surface area contributed by atoms with E-state index in [1.807, 2.05) is 0 Å². The second-order valence-electron chi connectivity index (χ2n) is 3.99. The van der Waals surface area contributed by atoms with Crippen molar-refractivity contribution >= 4 is 0 Å². The van der Waals surface area contributed by atoms with E-state index in [1.54, 1.807) is 18.3 Å². The lowest BCUT2D eigenvalue weighted by molar-refractivity contribution is 0.256. The standard InChI is InChI=1S/C14H14FNO3/c15-12-4-5-13(11(9-12)10-17)19-8-7-16-6-2-1-3-14(16)18/h1-6,9,17H,7-8,10H2. The van der Waals surface area contributed by atoms with Crippen LogP contribution in [0.5, 0.6) is 5.75 Å². The van der Waals surface area contributed by atoms with Gasteiger partial charge < -0.3 is 14.4 Å². The molecule has 2 aromatic rings. The highest BCUT2D eigenvalue weighted by Gasteiger charge is 2.04. The Bertz CT molecular complexity index is 610. The van der Waals surface area contributed by atoms with Gasteiger partial charge in [-0.3, -0.25) is 4.79 Å². The highest BCUT2D eigenvalue weighted by molar-refractivity contribution is 5.33. The van der Waals surface area contributed by atoms with Crippen LogP contribution in [0.15, 0.2) is 47.4 Å². The van der Waals surface area contributed by atoms with Crippen molar-refractivity contribution in [2.45, 2.75) is 13.2 Å². The van der Waals surface area contributed by atoms with Gasteiger partial charge in [-0.05, 0) is 24.3 Å². The topological polar surface area (TPSA) is 51.5 Å². The van der Waals surface area contributed by atoms with Gasteiger partial charge in [-0.1, -0.05) is 6.07 Å². The van der Waals surface area contributed by atoms with Crippen molar-refractivity contribution in [3.05, 3.63) is 64.3 Å². The van der Waals surface area contributed by atoms with Crippen LogP contribution < -0.4 is 10.3 Å². The molecule has 0 aliphatic carbocycles. The molecule has 19 heavy (non-hydrogen) atoms. The molecule has 2 rings (SSSR count). The first-order valence-electron chi connectivity index (χ1n) is 5.88. The maximum absolute atomic E-state index is 13.0. The van der Waals surface area contributed by atoms with E-state index < -0.39 is 5.82 Å². The predicted molar refractivity (Wildman–Crippen MR) is 68.5 cm³/mol. The molecule has 0 unspecified atom stereocenters. The summed E-state index contributed by atoms with van der Waals surface area (Å²) >= 11 is 0. The zero-order valence-electron chi connectivity index (χ0n) is 10.3. The lowest BCUT2D eigenvalue weighted by Gasteiger charge is -2.11. The van der Waals surface area contributed by atoms with E-state index >= 15 is 0 Å². The molecule has 1 aromatic carbocycles. The van der Waals surface area contributed by atoms with Crippen molar-refractivity contribution < 1.29 is 14.2 Å². The molecular weight excluding hydrogens is 249 g/mol. The number of pyridine rings is 1. The lowest BCUT2D eigenvalue weighted by atomic mass is 10.2. The molecule has 0 amide bonds. The highest BCUT2D eigenvalue weighted by atomic mass is 19.1. The Morgan fingerprint density at radius 2 is 2.11 bits per heavy atom. The fraction of sp³-hybridized carbons (Fsp3) is 0.214. The third kappa shape index (κ3) is 3.42. The minimum atomic E-state index is -0.421. The lowest BCUT2D eigenvalue weighted by Crippen LogP contribution is -2.21. The Morgan fingerprint density at radius 3 is 2.84 bits per heavy atom. The van der Waals surface area contributed by atoms with E-state index in [1.165, 1.54) is 28.8 Å². The van der Waals surface area contributed by atoms with E-state index in [2.05, 4.69) is 0 Å². The van der Waals surface area contributed by atoms with E-state index in [0.717, 1.165) is 0 Å². The molecule has 0 aliphatic heterocycles. The van der Waals surface area contributed by atoms with Gasteiger partial charge in [0.05, 0.1) is 13.2 Å². The number of hydrogen-bond donors (Lipinski definition) is 1. The highest BCUT2D eigenvalue weighted by Crippen LogP contribution is 2.19. The number of ether oxygens (including phenoxy) is 1. The summed E-state index contributed by atoms with van der Waals surface area (Å²) in [5, 5.41) is 9.10. The predicted octanol–water partition coefficient (Wildman–Crippen LogP) is 1.56. The molecule has 1 aromatic heterocycles. The monoisotopic (exact) mass is 263 g/mol. The van der Waals surface area contributed by atoms with Crippen LogP contribution in [0.25, 0.3) is 0 Å². The number of nitrogens with zero attached hydrogens (tertiary/aromatic N) is 1. The first-order chi connectivity index (χ1) is 9.20. The van der Waals surface area contributed by atoms with Crippen LogP contribution in [-0.4, -0.2) is 16.3 Å². The zero-order chi connectivity index (χ0) is 13.7. The SMILES string of the molecule is O=c1ccccn1CCOc1ccc(F)cc1CO. The largest absolute Gasteiger partial charge is 0.491 e. The average molecular weight is 263 g/mol. The van der Waals surface area contributed by atoms with Crippen LogP contribution in [-0.2, 0) is 13.2 Å². The van der Waals surface area contributed by atoms with Gasteiger partial charge >= 0.3 is 0 Å². The third-order valence-corrected chi connectivity index (χ3v) is 2.68. The van der Waals surface area contributed by atoms with Gasteiger partial charge in [-0.15, -0.1) is 0 Å². The molecule has 5 heteroatoms. The van der Waals surface area contributed by atoms with Gasteiger partial charge in [0, 0.05) is 17.8 Å². The van der Waals surface area contributed by atoms with Gasteiger partial charge in [0.25, 0.3) is 5.56 Å². The normalized spacial score (nSPS) is 10.4. The summed E-state index contributed by atoms with van der Waals surface area (Å²) in [5.74, 6) is 0.00330. The van der Waals surface area contributed by atoms with Crippen molar-refractivity contribution in [3.63, 3.8) is 0 Å². The number of aliphatic hydroxyl groups excluding tert-OH is 1. The molecule has 0 aliphatic rings. The summed E-state index contributed by atoms with van der Waals surface area (Å²) in [6.07, 6.45) is 1.67. The van der Waals surface area contributed by atoms with E-state index in [4.69, 9.17) is 9.84 Å². The maximum Gasteiger partial charge on any atom is 0.250 e. The fourth-order valence-electron chi connectivity index (χ4n) is 1.71. The van der Waals surface area contributed by atoms with Gasteiger partial charge in [-0.2, -0.15) is 0 Å². The van der Waals surface area contributed by atoms with Crippen LogP contribution >= 0.6 is 0 Å². The average Bonchev–Trinajstić information content (AvgIpc) is 2.42. The van der Waals surface area contributed by atoms with Crippen molar-refractivity contribution in [2.24, 2.45) is 0 Å². The molecule has 0 radical (unpaired) electrons. The van der Waals surface area contributed by atoms with E-state index in [0.29, 0.717) is 17.9 Å². The van der Waals surface area contributed by atoms with Crippen LogP contribution in [0.3, 0.4) is 0 Å². The Hall–Kier alpha value is -2.14. The minimum Gasteiger partial charge on any atom is -0.491 e. The molecule has 0 bridgehead atoms. The number of aromatic nitrogens is 1. The first-order valence-corrected chi connectivity index (χ1v) is 5.88. The molecular formula is C14H14FNO3. The second-order valence-corrected chi connectivity index (χ2v) is 3.99. The summed E-state index contributed by atoms with van der Waals surface area (Å²) in [6.45, 7) is 0.364. The number of halogens is 1. The summed E-state index contributed by atoms with van der Waals surface area (Å²) < 4.78 is 19.9. The number of hydrogen-bond acceptors (Lipinski definition) is 3. The van der Waals surface area contributed by atoms with Crippen LogP contribution in [0, 0.1) is 5.82 Å². The molecule has 0 atom stereocenters. The second kappa shape index (κ2) is 6.15. The minimum absolute atomic E-state index is 0.104. The Labute approximate surface area is 109 Å². The van der Waals surface area contributed by atoms with E-state index in [9.17, 15) is 9.18 Å². The Morgan fingerprint density at radius 1 is 1.26 bits per heavy atom. The summed E-state index contributed by atoms with van der Waals surface area (Å²) in [7, 11) is 0. The van der Waals surface area contributed by atoms with Gasteiger partial charge in [0.15, 0.2) is 0 Å². The van der Waals surface area contributed by atoms with Crippen molar-refractivity contribution in [2.75, 3.05) is 6.61 Å². The molecule has 0 saturated carbocycles. The molecule has 1 N–H and O–H groups in total. The summed E-state index contributed by atoms with van der Waals surface area (Å²) in [4.78, 5) is 11.4. The first kappa shape index (κ1) is 13.3. The number of benzene rings is 1. The third-order valence-electron chi connectivity index (χ3n) is 2.68. The van der Waals surface area contributed by atoms with Gasteiger partial charge in [0.1, 0.15) is 18.2 Å². The number of aliphatic hydroxyl groups is 1. The molecule has 100 valence electrons. The Kier molecular flexibility index (Phi) is 4.30. The van der Waals surface area contributed by atoms with Crippen LogP contribution in [0.1, 0.15) is 5.56 Å². The number of rotatable bonds is 5. The van der Waals surface area contributed by atoms with Crippen LogP contribution in [0.4, 0.5) is 4.39 Å². The van der Waals surface area contributed by atoms with Gasteiger partial charge in [-0.25, -0.2) is 4.39 Å². The van der Waals surface area contributed by atoms with Crippen molar-refractivity contribution in [1.29, 1.82) is 0 Å². The molecule has 1 heterocycles. The summed E-state index contributed by atoms with van der Waals surface area (Å²) in [6, 6.07) is 8.86. The van der Waals surface area contributed by atoms with Crippen molar-refractivity contribution in [3.8, 4) is 5.75 Å². The smallest absolute Gasteiger partial charge is 0.250 e. The molecule has 0 spiro atoms. The van der Waals surface area contributed by atoms with Crippen molar-refractivity contribution in [1.82, 2.24) is 4.57 Å². The summed E-state index contributed by atoms with van der Waals surface area (Å²) in [5.41, 5.74) is 0.285.